The highest BCUT2D eigenvalue weighted by Gasteiger charge is 2.03. The second-order valence-corrected chi connectivity index (χ2v) is 4.64. The predicted octanol–water partition coefficient (Wildman–Crippen LogP) is 2.84. The molecule has 1 rings (SSSR count). The Morgan fingerprint density at radius 3 is 2.50 bits per heavy atom. The summed E-state index contributed by atoms with van der Waals surface area (Å²) in [5.41, 5.74) is 1.15. The van der Waals surface area contributed by atoms with Gasteiger partial charge in [0, 0.05) is 17.5 Å². The third kappa shape index (κ3) is 5.29. The molecule has 0 atom stereocenters. The van der Waals surface area contributed by atoms with Crippen LogP contribution in [0, 0.1) is 0 Å². The molecule has 0 bridgehead atoms. The van der Waals surface area contributed by atoms with Crippen LogP contribution in [0.5, 0.6) is 0 Å². The topological polar surface area (TPSA) is 29.1 Å². The van der Waals surface area contributed by atoms with Crippen molar-refractivity contribution in [3.05, 3.63) is 34.9 Å². The van der Waals surface area contributed by atoms with Crippen molar-refractivity contribution in [1.82, 2.24) is 5.32 Å². The van der Waals surface area contributed by atoms with Crippen LogP contribution < -0.4 is 5.32 Å². The van der Waals surface area contributed by atoms with Gasteiger partial charge < -0.3 is 5.32 Å². The second-order valence-electron chi connectivity index (χ2n) is 4.20. The Morgan fingerprint density at radius 1 is 1.31 bits per heavy atom. The second kappa shape index (κ2) is 6.66. The maximum atomic E-state index is 11.5. The molecule has 0 heterocycles. The minimum absolute atomic E-state index is 0.253. The number of carbonyl (C=O) groups excluding carboxylic acids is 1. The highest BCUT2D eigenvalue weighted by molar-refractivity contribution is 6.30. The van der Waals surface area contributed by atoms with Crippen LogP contribution in [0.4, 0.5) is 0 Å². The van der Waals surface area contributed by atoms with Gasteiger partial charge in [-0.3, -0.25) is 4.79 Å². The molecule has 1 aromatic rings. The number of hydrogen-bond acceptors (Lipinski definition) is 2. The molecule has 88 valence electrons. The summed E-state index contributed by atoms with van der Waals surface area (Å²) in [5.74, 6) is 0.253. The lowest BCUT2D eigenvalue weighted by Crippen LogP contribution is -2.29. The molecule has 0 fully saturated rings. The van der Waals surface area contributed by atoms with E-state index >= 15 is 0 Å². The zero-order valence-corrected chi connectivity index (χ0v) is 10.6. The molecule has 0 amide bonds. The Balaban J connectivity index is 2.29. The fourth-order valence-electron chi connectivity index (χ4n) is 1.34. The van der Waals surface area contributed by atoms with E-state index in [1.807, 2.05) is 38.1 Å². The molecule has 0 aliphatic heterocycles. The molecule has 0 aliphatic carbocycles. The molecule has 1 aromatic carbocycles. The van der Waals surface area contributed by atoms with Gasteiger partial charge in [0.05, 0.1) is 6.54 Å². The van der Waals surface area contributed by atoms with E-state index in [-0.39, 0.29) is 5.78 Å². The van der Waals surface area contributed by atoms with Crippen LogP contribution in [0.2, 0.25) is 5.02 Å². The standard InChI is InChI=1S/C13H18ClNO/c1-10(2)15-9-13(16)8-5-11-3-6-12(14)7-4-11/h3-4,6-7,10,15H,5,8-9H2,1-2H3. The smallest absolute Gasteiger partial charge is 0.146 e. The van der Waals surface area contributed by atoms with Crippen molar-refractivity contribution in [2.24, 2.45) is 0 Å². The number of nitrogens with one attached hydrogen (secondary N) is 1. The highest BCUT2D eigenvalue weighted by atomic mass is 35.5. The lowest BCUT2D eigenvalue weighted by Gasteiger charge is -2.07. The monoisotopic (exact) mass is 239 g/mol. The zero-order valence-electron chi connectivity index (χ0n) is 9.79. The van der Waals surface area contributed by atoms with Crippen LogP contribution in [-0.2, 0) is 11.2 Å². The molecule has 0 spiro atoms. The number of carbonyl (C=O) groups is 1. The van der Waals surface area contributed by atoms with Gasteiger partial charge in [0.25, 0.3) is 0 Å². The van der Waals surface area contributed by atoms with E-state index in [4.69, 9.17) is 11.6 Å². The van der Waals surface area contributed by atoms with Gasteiger partial charge in [0.1, 0.15) is 5.78 Å². The van der Waals surface area contributed by atoms with Crippen LogP contribution in [-0.4, -0.2) is 18.4 Å². The molecule has 0 unspecified atom stereocenters. The van der Waals surface area contributed by atoms with Crippen LogP contribution >= 0.6 is 11.6 Å². The Bertz CT molecular complexity index is 332. The zero-order chi connectivity index (χ0) is 12.0. The van der Waals surface area contributed by atoms with Gasteiger partial charge in [-0.15, -0.1) is 0 Å². The molecule has 3 heteroatoms. The highest BCUT2D eigenvalue weighted by Crippen LogP contribution is 2.10. The first kappa shape index (κ1) is 13.2. The van der Waals surface area contributed by atoms with Crippen molar-refractivity contribution in [3.63, 3.8) is 0 Å². The summed E-state index contributed by atoms with van der Waals surface area (Å²) in [6, 6.07) is 8.00. The summed E-state index contributed by atoms with van der Waals surface area (Å²) >= 11 is 5.78. The SMILES string of the molecule is CC(C)NCC(=O)CCc1ccc(Cl)cc1. The van der Waals surface area contributed by atoms with Gasteiger partial charge in [-0.1, -0.05) is 37.6 Å². The normalized spacial score (nSPS) is 10.8. The molecule has 2 nitrogen and oxygen atoms in total. The molecule has 1 N–H and O–H groups in total. The maximum Gasteiger partial charge on any atom is 0.146 e. The van der Waals surface area contributed by atoms with Crippen LogP contribution in [0.3, 0.4) is 0 Å². The lowest BCUT2D eigenvalue weighted by molar-refractivity contribution is -0.118. The fraction of sp³-hybridized carbons (Fsp3) is 0.462. The van der Waals surface area contributed by atoms with Gasteiger partial charge in [0.2, 0.25) is 0 Å². The van der Waals surface area contributed by atoms with Crippen molar-refractivity contribution in [3.8, 4) is 0 Å². The molecule has 0 aliphatic rings. The summed E-state index contributed by atoms with van der Waals surface area (Å²) < 4.78 is 0. The Kier molecular flexibility index (Phi) is 5.50. The summed E-state index contributed by atoms with van der Waals surface area (Å²) in [6.45, 7) is 4.53. The van der Waals surface area contributed by atoms with Crippen LogP contribution in [0.1, 0.15) is 25.8 Å². The van der Waals surface area contributed by atoms with Crippen molar-refractivity contribution >= 4 is 17.4 Å². The summed E-state index contributed by atoms with van der Waals surface area (Å²) in [6.07, 6.45) is 1.37. The van der Waals surface area contributed by atoms with E-state index in [1.54, 1.807) is 0 Å². The van der Waals surface area contributed by atoms with E-state index in [0.717, 1.165) is 17.0 Å². The molecular weight excluding hydrogens is 222 g/mol. The maximum absolute atomic E-state index is 11.5. The van der Waals surface area contributed by atoms with Crippen LogP contribution in [0.25, 0.3) is 0 Å². The summed E-state index contributed by atoms with van der Waals surface area (Å²) in [7, 11) is 0. The Labute approximate surface area is 102 Å². The summed E-state index contributed by atoms with van der Waals surface area (Å²) in [5, 5.41) is 3.85. The van der Waals surface area contributed by atoms with Gasteiger partial charge in [0.15, 0.2) is 0 Å². The lowest BCUT2D eigenvalue weighted by atomic mass is 10.1. The van der Waals surface area contributed by atoms with Crippen molar-refractivity contribution in [2.45, 2.75) is 32.7 Å². The molecular formula is C13H18ClNO. The van der Waals surface area contributed by atoms with Crippen molar-refractivity contribution in [2.75, 3.05) is 6.54 Å². The first-order valence-corrected chi connectivity index (χ1v) is 5.95. The number of Topliss-reactive ketones (excluding diaryl/α,β-unsaturated/α-hetero) is 1. The van der Waals surface area contributed by atoms with E-state index < -0.39 is 0 Å². The molecule has 0 saturated heterocycles. The third-order valence-electron chi connectivity index (χ3n) is 2.31. The van der Waals surface area contributed by atoms with Crippen LogP contribution in [0.15, 0.2) is 24.3 Å². The van der Waals surface area contributed by atoms with Gasteiger partial charge in [-0.05, 0) is 24.1 Å². The first-order valence-electron chi connectivity index (χ1n) is 5.57. The van der Waals surface area contributed by atoms with Crippen molar-refractivity contribution < 1.29 is 4.79 Å². The minimum Gasteiger partial charge on any atom is -0.308 e. The van der Waals surface area contributed by atoms with E-state index in [1.165, 1.54) is 0 Å². The number of benzene rings is 1. The minimum atomic E-state index is 0.253. The largest absolute Gasteiger partial charge is 0.308 e. The van der Waals surface area contributed by atoms with Gasteiger partial charge in [-0.25, -0.2) is 0 Å². The molecule has 16 heavy (non-hydrogen) atoms. The number of rotatable bonds is 6. The van der Waals surface area contributed by atoms with Gasteiger partial charge >= 0.3 is 0 Å². The average Bonchev–Trinajstić information content (AvgIpc) is 2.25. The molecule has 0 saturated carbocycles. The number of ketones is 1. The van der Waals surface area contributed by atoms with E-state index in [2.05, 4.69) is 5.32 Å². The van der Waals surface area contributed by atoms with Crippen molar-refractivity contribution in [1.29, 1.82) is 0 Å². The van der Waals surface area contributed by atoms with Gasteiger partial charge in [-0.2, -0.15) is 0 Å². The Hall–Kier alpha value is -0.860. The summed E-state index contributed by atoms with van der Waals surface area (Å²) in [4.78, 5) is 11.5. The number of aryl methyl sites for hydroxylation is 1. The number of halogens is 1. The average molecular weight is 240 g/mol. The van der Waals surface area contributed by atoms with E-state index in [0.29, 0.717) is 19.0 Å². The molecule has 0 radical (unpaired) electrons. The fourth-order valence-corrected chi connectivity index (χ4v) is 1.47. The predicted molar refractivity (Wildman–Crippen MR) is 67.9 cm³/mol. The molecule has 0 aromatic heterocycles. The number of hydrogen-bond donors (Lipinski definition) is 1. The quantitative estimate of drug-likeness (QED) is 0.827. The first-order chi connectivity index (χ1) is 7.58. The third-order valence-corrected chi connectivity index (χ3v) is 2.57. The van der Waals surface area contributed by atoms with E-state index in [9.17, 15) is 4.79 Å². The Morgan fingerprint density at radius 2 is 1.94 bits per heavy atom.